The Labute approximate surface area is 112 Å². The maximum atomic E-state index is 13.6. The van der Waals surface area contributed by atoms with Gasteiger partial charge in [0.2, 0.25) is 0 Å². The molecule has 1 aromatic rings. The largest absolute Gasteiger partial charge is 0.478 e. The third kappa shape index (κ3) is 4.21. The van der Waals surface area contributed by atoms with Gasteiger partial charge in [0, 0.05) is 18.3 Å². The molecule has 1 aromatic carbocycles. The van der Waals surface area contributed by atoms with Crippen LogP contribution >= 0.6 is 0 Å². The molecular formula is C14H20FNO3. The predicted octanol–water partition coefficient (Wildman–Crippen LogP) is 2.73. The Morgan fingerprint density at radius 1 is 1.42 bits per heavy atom. The fraction of sp³-hybridized carbons (Fsp3) is 0.500. The van der Waals surface area contributed by atoms with E-state index in [1.807, 2.05) is 20.8 Å². The smallest absolute Gasteiger partial charge is 0.338 e. The molecule has 0 fully saturated rings. The van der Waals surface area contributed by atoms with Gasteiger partial charge >= 0.3 is 5.97 Å². The number of hydrogen-bond acceptors (Lipinski definition) is 3. The van der Waals surface area contributed by atoms with Crippen LogP contribution < -0.4 is 5.32 Å². The summed E-state index contributed by atoms with van der Waals surface area (Å²) in [5.74, 6) is -2.05. The zero-order valence-corrected chi connectivity index (χ0v) is 11.4. The first-order valence-electron chi connectivity index (χ1n) is 6.16. The van der Waals surface area contributed by atoms with Crippen LogP contribution in [0.25, 0.3) is 0 Å². The molecule has 106 valence electrons. The zero-order chi connectivity index (χ0) is 14.6. The van der Waals surface area contributed by atoms with Crippen molar-refractivity contribution in [3.63, 3.8) is 0 Å². The average molecular weight is 269 g/mol. The van der Waals surface area contributed by atoms with E-state index in [1.165, 1.54) is 18.2 Å². The SMILES string of the molecule is CC(C)(C)C(CCO)Nc1ccc(C(=O)O)c(F)c1. The summed E-state index contributed by atoms with van der Waals surface area (Å²) in [4.78, 5) is 10.7. The van der Waals surface area contributed by atoms with Crippen LogP contribution in [0.1, 0.15) is 37.6 Å². The second-order valence-electron chi connectivity index (χ2n) is 5.58. The minimum atomic E-state index is -1.29. The molecule has 0 spiro atoms. The zero-order valence-electron chi connectivity index (χ0n) is 11.4. The second-order valence-corrected chi connectivity index (χ2v) is 5.58. The van der Waals surface area contributed by atoms with E-state index in [2.05, 4.69) is 5.32 Å². The van der Waals surface area contributed by atoms with Crippen LogP contribution in [0.2, 0.25) is 0 Å². The predicted molar refractivity (Wildman–Crippen MR) is 71.9 cm³/mol. The highest BCUT2D eigenvalue weighted by Gasteiger charge is 2.24. The molecule has 3 N–H and O–H groups in total. The van der Waals surface area contributed by atoms with Crippen LogP contribution in [0.15, 0.2) is 18.2 Å². The Hall–Kier alpha value is -1.62. The van der Waals surface area contributed by atoms with Crippen molar-refractivity contribution in [3.05, 3.63) is 29.6 Å². The van der Waals surface area contributed by atoms with E-state index in [-0.39, 0.29) is 23.6 Å². The third-order valence-corrected chi connectivity index (χ3v) is 3.00. The molecule has 1 atom stereocenters. The molecule has 0 aromatic heterocycles. The van der Waals surface area contributed by atoms with E-state index in [0.717, 1.165) is 0 Å². The summed E-state index contributed by atoms with van der Waals surface area (Å²) in [6.45, 7) is 6.08. The number of carbonyl (C=O) groups is 1. The van der Waals surface area contributed by atoms with Crippen molar-refractivity contribution in [1.82, 2.24) is 0 Å². The van der Waals surface area contributed by atoms with E-state index in [9.17, 15) is 9.18 Å². The molecule has 5 heteroatoms. The van der Waals surface area contributed by atoms with Crippen molar-refractivity contribution in [2.75, 3.05) is 11.9 Å². The van der Waals surface area contributed by atoms with Crippen molar-refractivity contribution >= 4 is 11.7 Å². The summed E-state index contributed by atoms with van der Waals surface area (Å²) in [7, 11) is 0. The quantitative estimate of drug-likeness (QED) is 0.768. The summed E-state index contributed by atoms with van der Waals surface area (Å²) in [5.41, 5.74) is 0.0564. The number of aliphatic hydroxyl groups excluding tert-OH is 1. The van der Waals surface area contributed by atoms with Gasteiger partial charge in [-0.15, -0.1) is 0 Å². The van der Waals surface area contributed by atoms with Crippen LogP contribution in [0.5, 0.6) is 0 Å². The molecule has 0 aliphatic carbocycles. The maximum absolute atomic E-state index is 13.6. The van der Waals surface area contributed by atoms with Gasteiger partial charge in [-0.25, -0.2) is 9.18 Å². The highest BCUT2D eigenvalue weighted by Crippen LogP contribution is 2.26. The lowest BCUT2D eigenvalue weighted by atomic mass is 9.84. The number of halogens is 1. The summed E-state index contributed by atoms with van der Waals surface area (Å²) >= 11 is 0. The summed E-state index contributed by atoms with van der Waals surface area (Å²) < 4.78 is 13.6. The minimum Gasteiger partial charge on any atom is -0.478 e. The first-order chi connectivity index (χ1) is 8.75. The van der Waals surface area contributed by atoms with Crippen molar-refractivity contribution in [2.24, 2.45) is 5.41 Å². The minimum absolute atomic E-state index is 0.0324. The Balaban J connectivity index is 2.92. The number of rotatable bonds is 5. The molecule has 0 aliphatic heterocycles. The van der Waals surface area contributed by atoms with Gasteiger partial charge in [-0.1, -0.05) is 20.8 Å². The van der Waals surface area contributed by atoms with Crippen molar-refractivity contribution in [2.45, 2.75) is 33.2 Å². The fourth-order valence-electron chi connectivity index (χ4n) is 1.83. The molecular weight excluding hydrogens is 249 g/mol. The van der Waals surface area contributed by atoms with E-state index >= 15 is 0 Å². The van der Waals surface area contributed by atoms with Crippen LogP contribution in [-0.2, 0) is 0 Å². The second kappa shape index (κ2) is 6.02. The van der Waals surface area contributed by atoms with Crippen LogP contribution in [-0.4, -0.2) is 28.8 Å². The van der Waals surface area contributed by atoms with Crippen LogP contribution in [0.4, 0.5) is 10.1 Å². The highest BCUT2D eigenvalue weighted by atomic mass is 19.1. The van der Waals surface area contributed by atoms with Gasteiger partial charge in [0.15, 0.2) is 0 Å². The highest BCUT2D eigenvalue weighted by molar-refractivity contribution is 5.88. The Kier molecular flexibility index (Phi) is 4.89. The van der Waals surface area contributed by atoms with Gasteiger partial charge < -0.3 is 15.5 Å². The number of aromatic carboxylic acids is 1. The van der Waals surface area contributed by atoms with Crippen LogP contribution in [0.3, 0.4) is 0 Å². The van der Waals surface area contributed by atoms with Gasteiger partial charge in [0.25, 0.3) is 0 Å². The summed E-state index contributed by atoms with van der Waals surface area (Å²) in [5, 5.41) is 21.0. The first kappa shape index (κ1) is 15.4. The maximum Gasteiger partial charge on any atom is 0.338 e. The molecule has 19 heavy (non-hydrogen) atoms. The standard InChI is InChI=1S/C14H20FNO3/c1-14(2,3)12(6-7-17)16-9-4-5-10(13(18)19)11(15)8-9/h4-5,8,12,16-17H,6-7H2,1-3H3,(H,18,19). The number of hydrogen-bond donors (Lipinski definition) is 3. The number of benzene rings is 1. The molecule has 0 radical (unpaired) electrons. The summed E-state index contributed by atoms with van der Waals surface area (Å²) in [6, 6.07) is 3.90. The van der Waals surface area contributed by atoms with Crippen molar-refractivity contribution in [3.8, 4) is 0 Å². The fourth-order valence-corrected chi connectivity index (χ4v) is 1.83. The van der Waals surface area contributed by atoms with Crippen molar-refractivity contribution in [1.29, 1.82) is 0 Å². The number of carboxylic acids is 1. The lowest BCUT2D eigenvalue weighted by Crippen LogP contribution is -2.34. The van der Waals surface area contributed by atoms with Gasteiger partial charge in [-0.2, -0.15) is 0 Å². The van der Waals surface area contributed by atoms with Crippen molar-refractivity contribution < 1.29 is 19.4 Å². The monoisotopic (exact) mass is 269 g/mol. The summed E-state index contributed by atoms with van der Waals surface area (Å²) in [6.07, 6.45) is 0.534. The van der Waals surface area contributed by atoms with Gasteiger partial charge in [0.05, 0.1) is 5.56 Å². The normalized spacial score (nSPS) is 13.1. The molecule has 0 saturated carbocycles. The van der Waals surface area contributed by atoms with Gasteiger partial charge in [0.1, 0.15) is 5.82 Å². The van der Waals surface area contributed by atoms with E-state index < -0.39 is 11.8 Å². The molecule has 1 rings (SSSR count). The Bertz CT molecular complexity index is 454. The van der Waals surface area contributed by atoms with E-state index in [1.54, 1.807) is 0 Å². The average Bonchev–Trinajstić information content (AvgIpc) is 2.26. The molecule has 0 heterocycles. The Morgan fingerprint density at radius 3 is 2.47 bits per heavy atom. The topological polar surface area (TPSA) is 69.6 Å². The molecule has 0 amide bonds. The molecule has 1 unspecified atom stereocenters. The number of aliphatic hydroxyl groups is 1. The third-order valence-electron chi connectivity index (χ3n) is 3.00. The molecule has 0 bridgehead atoms. The molecule has 0 saturated heterocycles. The molecule has 0 aliphatic rings. The van der Waals surface area contributed by atoms with Gasteiger partial charge in [-0.05, 0) is 30.0 Å². The lowest BCUT2D eigenvalue weighted by molar-refractivity contribution is 0.0692. The Morgan fingerprint density at radius 2 is 2.05 bits per heavy atom. The van der Waals surface area contributed by atoms with Crippen LogP contribution in [0, 0.1) is 11.2 Å². The number of nitrogens with one attached hydrogen (secondary N) is 1. The number of anilines is 1. The lowest BCUT2D eigenvalue weighted by Gasteiger charge is -2.32. The molecule has 4 nitrogen and oxygen atoms in total. The first-order valence-corrected chi connectivity index (χ1v) is 6.16. The van der Waals surface area contributed by atoms with E-state index in [0.29, 0.717) is 12.1 Å². The van der Waals surface area contributed by atoms with Gasteiger partial charge in [-0.3, -0.25) is 0 Å². The van der Waals surface area contributed by atoms with E-state index in [4.69, 9.17) is 10.2 Å². The number of carboxylic acid groups (broad SMARTS) is 1.